The highest BCUT2D eigenvalue weighted by Crippen LogP contribution is 2.22. The number of nitrogens with zero attached hydrogens (tertiary/aromatic N) is 2. The summed E-state index contributed by atoms with van der Waals surface area (Å²) in [5.41, 5.74) is 0. The van der Waals surface area contributed by atoms with Crippen LogP contribution >= 0.6 is 23.3 Å². The standard InChI is InChI=1S/C12H23N3S2/c1-4-7-10(13-8-5-2)9-16-12-14-11(6-3)15-17-12/h10,13H,4-9H2,1-3H3. The van der Waals surface area contributed by atoms with Crippen molar-refractivity contribution in [1.29, 1.82) is 0 Å². The van der Waals surface area contributed by atoms with Gasteiger partial charge in [-0.3, -0.25) is 0 Å². The van der Waals surface area contributed by atoms with Crippen LogP contribution in [0.25, 0.3) is 0 Å². The first-order chi connectivity index (χ1) is 8.30. The lowest BCUT2D eigenvalue weighted by Gasteiger charge is -2.16. The van der Waals surface area contributed by atoms with Crippen molar-refractivity contribution in [3.63, 3.8) is 0 Å². The molecule has 3 nitrogen and oxygen atoms in total. The molecule has 0 bridgehead atoms. The molecule has 0 aliphatic carbocycles. The third-order valence-electron chi connectivity index (χ3n) is 2.49. The minimum atomic E-state index is 0.610. The normalized spacial score (nSPS) is 12.9. The van der Waals surface area contributed by atoms with Gasteiger partial charge in [-0.1, -0.05) is 39.0 Å². The third-order valence-corrected chi connectivity index (χ3v) is 4.53. The Hall–Kier alpha value is -0.130. The van der Waals surface area contributed by atoms with E-state index < -0.39 is 0 Å². The maximum absolute atomic E-state index is 4.48. The molecule has 0 aliphatic rings. The van der Waals surface area contributed by atoms with Gasteiger partial charge in [-0.05, 0) is 30.9 Å². The Morgan fingerprint density at radius 2 is 2.12 bits per heavy atom. The average Bonchev–Trinajstić information content (AvgIpc) is 2.80. The summed E-state index contributed by atoms with van der Waals surface area (Å²) in [5.74, 6) is 2.08. The lowest BCUT2D eigenvalue weighted by atomic mass is 10.2. The number of nitrogens with one attached hydrogen (secondary N) is 1. The van der Waals surface area contributed by atoms with Crippen molar-refractivity contribution in [1.82, 2.24) is 14.7 Å². The fourth-order valence-corrected chi connectivity index (χ4v) is 3.38. The molecule has 1 rings (SSSR count). The maximum atomic E-state index is 4.48. The van der Waals surface area contributed by atoms with Gasteiger partial charge in [0.1, 0.15) is 5.82 Å². The Morgan fingerprint density at radius 1 is 1.29 bits per heavy atom. The van der Waals surface area contributed by atoms with Crippen molar-refractivity contribution in [2.45, 2.75) is 56.8 Å². The summed E-state index contributed by atoms with van der Waals surface area (Å²) in [5, 5.41) is 3.60. The maximum Gasteiger partial charge on any atom is 0.170 e. The first kappa shape index (κ1) is 14.9. The van der Waals surface area contributed by atoms with Gasteiger partial charge in [0.15, 0.2) is 4.34 Å². The highest BCUT2D eigenvalue weighted by Gasteiger charge is 2.09. The molecule has 0 saturated carbocycles. The predicted molar refractivity (Wildman–Crippen MR) is 77.0 cm³/mol. The molecule has 0 fully saturated rings. The Morgan fingerprint density at radius 3 is 2.71 bits per heavy atom. The van der Waals surface area contributed by atoms with Crippen LogP contribution < -0.4 is 5.32 Å². The van der Waals surface area contributed by atoms with Crippen LogP contribution in [0.3, 0.4) is 0 Å². The number of thioether (sulfide) groups is 1. The smallest absolute Gasteiger partial charge is 0.170 e. The minimum absolute atomic E-state index is 0.610. The van der Waals surface area contributed by atoms with Gasteiger partial charge in [-0.25, -0.2) is 4.98 Å². The molecule has 1 heterocycles. The molecule has 1 aromatic heterocycles. The van der Waals surface area contributed by atoms with Crippen LogP contribution in [0.5, 0.6) is 0 Å². The molecule has 1 unspecified atom stereocenters. The largest absolute Gasteiger partial charge is 0.313 e. The molecular weight excluding hydrogens is 250 g/mol. The van der Waals surface area contributed by atoms with Crippen molar-refractivity contribution in [3.8, 4) is 0 Å². The molecule has 0 radical (unpaired) electrons. The molecular formula is C12H23N3S2. The fraction of sp³-hybridized carbons (Fsp3) is 0.833. The van der Waals surface area contributed by atoms with Crippen LogP contribution in [0.1, 0.15) is 45.9 Å². The topological polar surface area (TPSA) is 37.8 Å². The Kier molecular flexibility index (Phi) is 7.81. The number of hydrogen-bond donors (Lipinski definition) is 1. The molecule has 0 saturated heterocycles. The SMILES string of the molecule is CCCNC(CCC)CSc1nc(CC)ns1. The molecule has 0 spiro atoms. The number of aryl methyl sites for hydroxylation is 1. The zero-order chi connectivity index (χ0) is 12.5. The molecule has 5 heteroatoms. The van der Waals surface area contributed by atoms with E-state index in [0.717, 1.165) is 28.9 Å². The molecule has 0 aromatic carbocycles. The van der Waals surface area contributed by atoms with Gasteiger partial charge in [0.25, 0.3) is 0 Å². The summed E-state index contributed by atoms with van der Waals surface area (Å²) < 4.78 is 5.42. The second-order valence-corrected chi connectivity index (χ2v) is 6.10. The molecule has 98 valence electrons. The van der Waals surface area contributed by atoms with E-state index in [4.69, 9.17) is 0 Å². The van der Waals surface area contributed by atoms with Crippen molar-refractivity contribution < 1.29 is 0 Å². The van der Waals surface area contributed by atoms with Gasteiger partial charge in [0, 0.05) is 18.2 Å². The molecule has 1 atom stereocenters. The van der Waals surface area contributed by atoms with E-state index in [1.165, 1.54) is 30.8 Å². The van der Waals surface area contributed by atoms with Crippen LogP contribution in [0, 0.1) is 0 Å². The first-order valence-electron chi connectivity index (χ1n) is 6.48. The Labute approximate surface area is 113 Å². The second kappa shape index (κ2) is 8.89. The van der Waals surface area contributed by atoms with Gasteiger partial charge >= 0.3 is 0 Å². The second-order valence-electron chi connectivity index (χ2n) is 4.08. The zero-order valence-electron chi connectivity index (χ0n) is 11.0. The highest BCUT2D eigenvalue weighted by molar-refractivity contribution is 8.00. The quantitative estimate of drug-likeness (QED) is 0.700. The number of hydrogen-bond acceptors (Lipinski definition) is 5. The lowest BCUT2D eigenvalue weighted by molar-refractivity contribution is 0.514. The fourth-order valence-electron chi connectivity index (χ4n) is 1.55. The average molecular weight is 273 g/mol. The number of aromatic nitrogens is 2. The van der Waals surface area contributed by atoms with Crippen LogP contribution in [0.4, 0.5) is 0 Å². The third kappa shape index (κ3) is 5.84. The first-order valence-corrected chi connectivity index (χ1v) is 8.24. The Bertz CT molecular complexity index is 302. The summed E-state index contributed by atoms with van der Waals surface area (Å²) in [6.07, 6.45) is 4.61. The summed E-state index contributed by atoms with van der Waals surface area (Å²) in [6, 6.07) is 0.610. The minimum Gasteiger partial charge on any atom is -0.313 e. The van der Waals surface area contributed by atoms with Gasteiger partial charge in [-0.15, -0.1) is 0 Å². The predicted octanol–water partition coefficient (Wildman–Crippen LogP) is 3.36. The molecule has 1 aromatic rings. The van der Waals surface area contributed by atoms with E-state index in [2.05, 4.69) is 35.4 Å². The summed E-state index contributed by atoms with van der Waals surface area (Å²) in [6.45, 7) is 7.66. The van der Waals surface area contributed by atoms with Crippen LogP contribution in [0.15, 0.2) is 4.34 Å². The summed E-state index contributed by atoms with van der Waals surface area (Å²) in [7, 11) is 0. The van der Waals surface area contributed by atoms with Gasteiger partial charge < -0.3 is 5.32 Å². The van der Waals surface area contributed by atoms with Gasteiger partial charge in [0.05, 0.1) is 0 Å². The molecule has 17 heavy (non-hydrogen) atoms. The van der Waals surface area contributed by atoms with Crippen LogP contribution in [0.2, 0.25) is 0 Å². The van der Waals surface area contributed by atoms with Crippen LogP contribution in [-0.2, 0) is 6.42 Å². The summed E-state index contributed by atoms with van der Waals surface area (Å²) in [4.78, 5) is 4.48. The van der Waals surface area contributed by atoms with Crippen molar-refractivity contribution >= 4 is 23.3 Å². The Balaban J connectivity index is 2.34. The van der Waals surface area contributed by atoms with E-state index in [9.17, 15) is 0 Å². The van der Waals surface area contributed by atoms with E-state index in [0.29, 0.717) is 6.04 Å². The molecule has 0 amide bonds. The van der Waals surface area contributed by atoms with Crippen molar-refractivity contribution in [3.05, 3.63) is 5.82 Å². The lowest BCUT2D eigenvalue weighted by Crippen LogP contribution is -2.31. The van der Waals surface area contributed by atoms with E-state index in [-0.39, 0.29) is 0 Å². The van der Waals surface area contributed by atoms with Crippen molar-refractivity contribution in [2.24, 2.45) is 0 Å². The van der Waals surface area contributed by atoms with Gasteiger partial charge in [0.2, 0.25) is 0 Å². The van der Waals surface area contributed by atoms with E-state index in [1.807, 2.05) is 11.8 Å². The summed E-state index contributed by atoms with van der Waals surface area (Å²) >= 11 is 3.37. The number of rotatable bonds is 9. The van der Waals surface area contributed by atoms with E-state index in [1.54, 1.807) is 0 Å². The van der Waals surface area contributed by atoms with Gasteiger partial charge in [-0.2, -0.15) is 4.37 Å². The van der Waals surface area contributed by atoms with Crippen molar-refractivity contribution in [2.75, 3.05) is 12.3 Å². The molecule has 0 aliphatic heterocycles. The van der Waals surface area contributed by atoms with Crippen LogP contribution in [-0.4, -0.2) is 27.7 Å². The monoisotopic (exact) mass is 273 g/mol. The van der Waals surface area contributed by atoms with E-state index >= 15 is 0 Å². The highest BCUT2D eigenvalue weighted by atomic mass is 32.2. The zero-order valence-corrected chi connectivity index (χ0v) is 12.7. The molecule has 1 N–H and O–H groups in total.